The summed E-state index contributed by atoms with van der Waals surface area (Å²) in [5.74, 6) is -1.11. The molecule has 1 saturated heterocycles. The molecule has 1 aromatic heterocycles. The van der Waals surface area contributed by atoms with Gasteiger partial charge in [0.2, 0.25) is 0 Å². The molecule has 2 aromatic carbocycles. The van der Waals surface area contributed by atoms with E-state index in [9.17, 15) is 8.42 Å². The number of ether oxygens (including phenoxy) is 2. The van der Waals surface area contributed by atoms with Gasteiger partial charge < -0.3 is 19.8 Å². The molecular formula is C23H27N3O4S. The summed E-state index contributed by atoms with van der Waals surface area (Å²) in [6.07, 6.45) is 4.28. The molecule has 2 N–H and O–H groups in total. The zero-order valence-corrected chi connectivity index (χ0v) is 18.3. The Bertz CT molecular complexity index is 1130. The number of hydrogen-bond donors (Lipinski definition) is 1. The van der Waals surface area contributed by atoms with Gasteiger partial charge in [0.1, 0.15) is 0 Å². The number of aromatic nitrogens is 2. The van der Waals surface area contributed by atoms with Crippen LogP contribution in [-0.4, -0.2) is 42.2 Å². The molecule has 0 radical (unpaired) electrons. The zero-order chi connectivity index (χ0) is 21.9. The third-order valence-electron chi connectivity index (χ3n) is 5.54. The fourth-order valence-electron chi connectivity index (χ4n) is 3.88. The second-order valence-electron chi connectivity index (χ2n) is 7.93. The quantitative estimate of drug-likeness (QED) is 0.540. The first-order valence-electron chi connectivity index (χ1n) is 10.3. The summed E-state index contributed by atoms with van der Waals surface area (Å²) in [5, 5.41) is 0. The van der Waals surface area contributed by atoms with E-state index < -0.39 is 21.7 Å². The van der Waals surface area contributed by atoms with Crippen LogP contribution in [0.15, 0.2) is 72.0 Å². The number of benzene rings is 2. The normalized spacial score (nSPS) is 21.4. The molecular weight excluding hydrogens is 414 g/mol. The van der Waals surface area contributed by atoms with Crippen LogP contribution in [0.3, 0.4) is 0 Å². The Morgan fingerprint density at radius 1 is 1.16 bits per heavy atom. The Morgan fingerprint density at radius 3 is 2.61 bits per heavy atom. The number of aryl methyl sites for hydroxylation is 2. The van der Waals surface area contributed by atoms with E-state index in [-0.39, 0.29) is 22.9 Å². The Balaban J connectivity index is 1.52. The SMILES string of the molecule is Cc1cncn1CC1(CCc2ccccc2)OCC(CS(=O)(=O)c2ccccc2N)O1. The van der Waals surface area contributed by atoms with Gasteiger partial charge in [-0.2, -0.15) is 0 Å². The lowest BCUT2D eigenvalue weighted by Gasteiger charge is -2.29. The van der Waals surface area contributed by atoms with Gasteiger partial charge in [-0.1, -0.05) is 42.5 Å². The first-order chi connectivity index (χ1) is 14.9. The van der Waals surface area contributed by atoms with Crippen LogP contribution >= 0.6 is 0 Å². The zero-order valence-electron chi connectivity index (χ0n) is 17.5. The first-order valence-corrected chi connectivity index (χ1v) is 11.9. The fraction of sp³-hybridized carbons (Fsp3) is 0.348. The number of nitrogens with two attached hydrogens (primary N) is 1. The van der Waals surface area contributed by atoms with E-state index in [2.05, 4.69) is 17.1 Å². The van der Waals surface area contributed by atoms with Crippen molar-refractivity contribution >= 4 is 15.5 Å². The van der Waals surface area contributed by atoms with Crippen molar-refractivity contribution in [1.29, 1.82) is 0 Å². The van der Waals surface area contributed by atoms with Crippen LogP contribution < -0.4 is 5.73 Å². The van der Waals surface area contributed by atoms with Crippen LogP contribution in [0.2, 0.25) is 0 Å². The van der Waals surface area contributed by atoms with E-state index in [4.69, 9.17) is 15.2 Å². The van der Waals surface area contributed by atoms with Gasteiger partial charge in [0.15, 0.2) is 15.6 Å². The third-order valence-corrected chi connectivity index (χ3v) is 7.39. The van der Waals surface area contributed by atoms with Crippen LogP contribution in [0.4, 0.5) is 5.69 Å². The average Bonchev–Trinajstić information content (AvgIpc) is 3.33. The van der Waals surface area contributed by atoms with Gasteiger partial charge in [0.05, 0.1) is 41.9 Å². The molecule has 0 saturated carbocycles. The van der Waals surface area contributed by atoms with Crippen LogP contribution in [0.1, 0.15) is 17.7 Å². The van der Waals surface area contributed by atoms with Crippen molar-refractivity contribution in [2.75, 3.05) is 18.1 Å². The smallest absolute Gasteiger partial charge is 0.187 e. The third kappa shape index (κ3) is 4.98. The minimum absolute atomic E-state index is 0.130. The van der Waals surface area contributed by atoms with Crippen molar-refractivity contribution in [2.24, 2.45) is 0 Å². The highest BCUT2D eigenvalue weighted by Crippen LogP contribution is 2.33. The Kier molecular flexibility index (Phi) is 6.13. The van der Waals surface area contributed by atoms with Gasteiger partial charge in [-0.25, -0.2) is 13.4 Å². The molecule has 8 heteroatoms. The van der Waals surface area contributed by atoms with Gasteiger partial charge in [-0.15, -0.1) is 0 Å². The highest BCUT2D eigenvalue weighted by atomic mass is 32.2. The van der Waals surface area contributed by atoms with Crippen LogP contribution in [0.25, 0.3) is 0 Å². The largest absolute Gasteiger partial charge is 0.398 e. The molecule has 164 valence electrons. The minimum Gasteiger partial charge on any atom is -0.398 e. The summed E-state index contributed by atoms with van der Waals surface area (Å²) >= 11 is 0. The number of sulfone groups is 1. The molecule has 31 heavy (non-hydrogen) atoms. The van der Waals surface area contributed by atoms with E-state index in [1.807, 2.05) is 29.7 Å². The predicted molar refractivity (Wildman–Crippen MR) is 118 cm³/mol. The molecule has 2 heterocycles. The summed E-state index contributed by atoms with van der Waals surface area (Å²) in [4.78, 5) is 4.31. The number of rotatable bonds is 8. The monoisotopic (exact) mass is 441 g/mol. The molecule has 7 nitrogen and oxygen atoms in total. The van der Waals surface area contributed by atoms with E-state index in [1.165, 1.54) is 11.6 Å². The van der Waals surface area contributed by atoms with E-state index in [0.717, 1.165) is 12.1 Å². The number of nitrogen functional groups attached to an aromatic ring is 1. The Hall–Kier alpha value is -2.68. The fourth-order valence-corrected chi connectivity index (χ4v) is 5.43. The number of para-hydroxylation sites is 1. The molecule has 3 aromatic rings. The lowest BCUT2D eigenvalue weighted by atomic mass is 10.0. The van der Waals surface area contributed by atoms with E-state index in [1.54, 1.807) is 30.7 Å². The molecule has 0 bridgehead atoms. The molecule has 0 spiro atoms. The van der Waals surface area contributed by atoms with Crippen molar-refractivity contribution in [3.63, 3.8) is 0 Å². The summed E-state index contributed by atoms with van der Waals surface area (Å²) in [7, 11) is -3.61. The number of anilines is 1. The second-order valence-corrected chi connectivity index (χ2v) is 9.93. The van der Waals surface area contributed by atoms with Gasteiger partial charge in [-0.3, -0.25) is 0 Å². The summed E-state index contributed by atoms with van der Waals surface area (Å²) in [6.45, 7) is 2.61. The predicted octanol–water partition coefficient (Wildman–Crippen LogP) is 2.99. The van der Waals surface area contributed by atoms with E-state index >= 15 is 0 Å². The maximum absolute atomic E-state index is 12.9. The van der Waals surface area contributed by atoms with Gasteiger partial charge in [0.25, 0.3) is 0 Å². The number of imidazole rings is 1. The summed E-state index contributed by atoms with van der Waals surface area (Å²) in [6, 6.07) is 16.6. The molecule has 1 aliphatic rings. The summed E-state index contributed by atoms with van der Waals surface area (Å²) in [5.41, 5.74) is 8.29. The van der Waals surface area contributed by atoms with E-state index in [0.29, 0.717) is 13.0 Å². The number of nitrogens with zero attached hydrogens (tertiary/aromatic N) is 2. The van der Waals surface area contributed by atoms with Crippen LogP contribution in [0.5, 0.6) is 0 Å². The standard InChI is InChI=1S/C23H27N3O4S/c1-18-13-25-17-26(18)16-23(12-11-19-7-3-2-4-8-19)29-14-20(30-23)15-31(27,28)22-10-6-5-9-21(22)24/h2-10,13,17,20H,11-12,14-16,24H2,1H3. The first kappa shape index (κ1) is 21.5. The highest BCUT2D eigenvalue weighted by molar-refractivity contribution is 7.91. The minimum atomic E-state index is -3.61. The molecule has 0 aliphatic carbocycles. The van der Waals surface area contributed by atoms with Crippen LogP contribution in [-0.2, 0) is 32.3 Å². The van der Waals surface area contributed by atoms with Crippen molar-refractivity contribution < 1.29 is 17.9 Å². The Labute approximate surface area is 182 Å². The average molecular weight is 442 g/mol. The van der Waals surface area contributed by atoms with Gasteiger partial charge in [0, 0.05) is 18.3 Å². The second kappa shape index (κ2) is 8.82. The maximum Gasteiger partial charge on any atom is 0.187 e. The van der Waals surface area contributed by atoms with Gasteiger partial charge in [-0.05, 0) is 31.0 Å². The molecule has 4 rings (SSSR count). The molecule has 1 fully saturated rings. The lowest BCUT2D eigenvalue weighted by molar-refractivity contribution is -0.180. The number of hydrogen-bond acceptors (Lipinski definition) is 6. The van der Waals surface area contributed by atoms with Crippen LogP contribution in [0, 0.1) is 6.92 Å². The highest BCUT2D eigenvalue weighted by Gasteiger charge is 2.43. The Morgan fingerprint density at radius 2 is 1.90 bits per heavy atom. The topological polar surface area (TPSA) is 96.4 Å². The maximum atomic E-state index is 12.9. The lowest BCUT2D eigenvalue weighted by Crippen LogP contribution is -2.38. The van der Waals surface area contributed by atoms with Crippen molar-refractivity contribution in [1.82, 2.24) is 9.55 Å². The molecule has 2 unspecified atom stereocenters. The van der Waals surface area contributed by atoms with Crippen molar-refractivity contribution in [3.8, 4) is 0 Å². The van der Waals surface area contributed by atoms with Crippen molar-refractivity contribution in [3.05, 3.63) is 78.4 Å². The van der Waals surface area contributed by atoms with Gasteiger partial charge >= 0.3 is 0 Å². The molecule has 0 amide bonds. The van der Waals surface area contributed by atoms with Crippen molar-refractivity contribution in [2.45, 2.75) is 43.1 Å². The summed E-state index contributed by atoms with van der Waals surface area (Å²) < 4.78 is 40.3. The molecule has 2 atom stereocenters. The molecule has 1 aliphatic heterocycles.